The van der Waals surface area contributed by atoms with Crippen molar-refractivity contribution in [2.24, 2.45) is 5.10 Å². The van der Waals surface area contributed by atoms with Gasteiger partial charge in [-0.25, -0.2) is 10.2 Å². The third-order valence-electron chi connectivity index (χ3n) is 4.43. The topological polar surface area (TPSA) is 77.0 Å². The summed E-state index contributed by atoms with van der Waals surface area (Å²) in [7, 11) is 0. The monoisotopic (exact) mass is 498 g/mol. The Morgan fingerprint density at radius 3 is 2.42 bits per heavy atom. The van der Waals surface area contributed by atoms with Gasteiger partial charge >= 0.3 is 5.97 Å². The summed E-state index contributed by atoms with van der Waals surface area (Å²) in [5.41, 5.74) is 2.86. The molecule has 0 bridgehead atoms. The second-order valence-corrected chi connectivity index (χ2v) is 8.52. The van der Waals surface area contributed by atoms with E-state index in [-0.39, 0.29) is 12.4 Å². The lowest BCUT2D eigenvalue weighted by Crippen LogP contribution is -2.24. The molecule has 0 saturated heterocycles. The Kier molecular flexibility index (Phi) is 7.24. The number of halogens is 2. The van der Waals surface area contributed by atoms with Crippen LogP contribution in [-0.2, 0) is 4.79 Å². The van der Waals surface area contributed by atoms with Crippen molar-refractivity contribution in [1.82, 2.24) is 5.43 Å². The van der Waals surface area contributed by atoms with E-state index >= 15 is 0 Å². The molecule has 0 saturated carbocycles. The number of nitrogens with zero attached hydrogens (tertiary/aromatic N) is 1. The Hall–Kier alpha value is -3.39. The number of esters is 1. The van der Waals surface area contributed by atoms with Crippen LogP contribution in [0.4, 0.5) is 0 Å². The zero-order chi connectivity index (χ0) is 23.2. The van der Waals surface area contributed by atoms with Crippen LogP contribution in [0.3, 0.4) is 0 Å². The van der Waals surface area contributed by atoms with E-state index in [1.54, 1.807) is 48.5 Å². The van der Waals surface area contributed by atoms with Crippen molar-refractivity contribution in [3.8, 4) is 11.5 Å². The standard InChI is InChI=1S/C24H16Cl2N2O4S/c25-17-9-3-5-11-19(17)31-14-21(29)28-27-13-15-7-1-4-10-18(15)32-24(30)23-22(26)16-8-2-6-12-20(16)33-23/h1-13H,14H2,(H,28,29). The molecular weight excluding hydrogens is 483 g/mol. The highest BCUT2D eigenvalue weighted by Gasteiger charge is 2.19. The Morgan fingerprint density at radius 1 is 0.939 bits per heavy atom. The van der Waals surface area contributed by atoms with Crippen molar-refractivity contribution >= 4 is 62.7 Å². The molecule has 0 spiro atoms. The summed E-state index contributed by atoms with van der Waals surface area (Å²) in [4.78, 5) is 25.1. The average Bonchev–Trinajstić information content (AvgIpc) is 3.16. The SMILES string of the molecule is O=C(COc1ccccc1Cl)NN=Cc1ccccc1OC(=O)c1sc2ccccc2c1Cl. The Morgan fingerprint density at radius 2 is 1.64 bits per heavy atom. The molecule has 9 heteroatoms. The molecule has 3 aromatic carbocycles. The van der Waals surface area contributed by atoms with Gasteiger partial charge in [0.1, 0.15) is 16.4 Å². The molecule has 33 heavy (non-hydrogen) atoms. The molecule has 0 unspecified atom stereocenters. The molecule has 166 valence electrons. The minimum absolute atomic E-state index is 0.262. The number of ether oxygens (including phenoxy) is 2. The summed E-state index contributed by atoms with van der Waals surface area (Å²) in [6, 6.07) is 21.1. The van der Waals surface area contributed by atoms with Crippen LogP contribution in [0.5, 0.6) is 11.5 Å². The molecule has 4 rings (SSSR count). The van der Waals surface area contributed by atoms with Crippen molar-refractivity contribution in [2.45, 2.75) is 0 Å². The van der Waals surface area contributed by atoms with Gasteiger partial charge in [-0.1, -0.05) is 65.7 Å². The summed E-state index contributed by atoms with van der Waals surface area (Å²) in [6.07, 6.45) is 1.38. The minimum atomic E-state index is -0.570. The van der Waals surface area contributed by atoms with Crippen LogP contribution in [0, 0.1) is 0 Å². The van der Waals surface area contributed by atoms with Crippen molar-refractivity contribution < 1.29 is 19.1 Å². The molecule has 1 N–H and O–H groups in total. The van der Waals surface area contributed by atoms with E-state index in [9.17, 15) is 9.59 Å². The van der Waals surface area contributed by atoms with Crippen LogP contribution in [0.2, 0.25) is 10.0 Å². The lowest BCUT2D eigenvalue weighted by atomic mass is 10.2. The molecule has 0 aliphatic carbocycles. The van der Waals surface area contributed by atoms with E-state index < -0.39 is 11.9 Å². The Balaban J connectivity index is 1.40. The molecule has 1 heterocycles. The fraction of sp³-hybridized carbons (Fsp3) is 0.0417. The quantitative estimate of drug-likeness (QED) is 0.147. The maximum Gasteiger partial charge on any atom is 0.355 e. The van der Waals surface area contributed by atoms with Crippen molar-refractivity contribution in [1.29, 1.82) is 0 Å². The van der Waals surface area contributed by atoms with E-state index in [1.807, 2.05) is 24.3 Å². The second kappa shape index (κ2) is 10.5. The first-order valence-corrected chi connectivity index (χ1v) is 11.3. The first-order chi connectivity index (χ1) is 16.0. The molecule has 0 radical (unpaired) electrons. The minimum Gasteiger partial charge on any atom is -0.482 e. The third-order valence-corrected chi connectivity index (χ3v) is 6.40. The Labute approximate surface area is 203 Å². The number of hydrogen-bond acceptors (Lipinski definition) is 6. The number of para-hydroxylation sites is 2. The van der Waals surface area contributed by atoms with Gasteiger partial charge in [0.15, 0.2) is 6.61 Å². The summed E-state index contributed by atoms with van der Waals surface area (Å²) < 4.78 is 11.8. The highest BCUT2D eigenvalue weighted by molar-refractivity contribution is 7.21. The zero-order valence-electron chi connectivity index (χ0n) is 17.0. The first kappa shape index (κ1) is 22.8. The van der Waals surface area contributed by atoms with Crippen LogP contribution in [0.25, 0.3) is 10.1 Å². The maximum absolute atomic E-state index is 12.7. The van der Waals surface area contributed by atoms with E-state index in [0.717, 1.165) is 10.1 Å². The first-order valence-electron chi connectivity index (χ1n) is 9.70. The van der Waals surface area contributed by atoms with Crippen molar-refractivity contribution in [3.05, 3.63) is 93.3 Å². The van der Waals surface area contributed by atoms with Gasteiger partial charge in [0.25, 0.3) is 5.91 Å². The lowest BCUT2D eigenvalue weighted by Gasteiger charge is -2.07. The van der Waals surface area contributed by atoms with Gasteiger partial charge in [0, 0.05) is 15.6 Å². The summed E-state index contributed by atoms with van der Waals surface area (Å²) in [5.74, 6) is -0.367. The van der Waals surface area contributed by atoms with Crippen LogP contribution < -0.4 is 14.9 Å². The van der Waals surface area contributed by atoms with Gasteiger partial charge in [-0.2, -0.15) is 5.10 Å². The normalized spacial score (nSPS) is 11.0. The van der Waals surface area contributed by atoms with Gasteiger partial charge in [-0.15, -0.1) is 11.3 Å². The number of nitrogens with one attached hydrogen (secondary N) is 1. The number of thiophene rings is 1. The van der Waals surface area contributed by atoms with E-state index in [1.165, 1.54) is 17.6 Å². The van der Waals surface area contributed by atoms with E-state index in [0.29, 0.717) is 26.2 Å². The van der Waals surface area contributed by atoms with Gasteiger partial charge in [-0.3, -0.25) is 4.79 Å². The van der Waals surface area contributed by atoms with E-state index in [4.69, 9.17) is 32.7 Å². The lowest BCUT2D eigenvalue weighted by molar-refractivity contribution is -0.123. The van der Waals surface area contributed by atoms with Gasteiger partial charge in [-0.05, 0) is 30.3 Å². The third kappa shape index (κ3) is 5.51. The number of hydrogen-bond donors (Lipinski definition) is 1. The molecule has 1 aromatic heterocycles. The van der Waals surface area contributed by atoms with Crippen LogP contribution in [-0.4, -0.2) is 24.7 Å². The largest absolute Gasteiger partial charge is 0.482 e. The van der Waals surface area contributed by atoms with Gasteiger partial charge in [0.05, 0.1) is 16.3 Å². The highest BCUT2D eigenvalue weighted by atomic mass is 35.5. The number of rotatable bonds is 7. The second-order valence-electron chi connectivity index (χ2n) is 6.68. The molecule has 0 atom stereocenters. The highest BCUT2D eigenvalue weighted by Crippen LogP contribution is 2.36. The fourth-order valence-corrected chi connectivity index (χ4v) is 4.46. The predicted molar refractivity (Wildman–Crippen MR) is 131 cm³/mol. The number of fused-ring (bicyclic) bond motifs is 1. The number of amides is 1. The Bertz CT molecular complexity index is 1350. The van der Waals surface area contributed by atoms with Crippen LogP contribution >= 0.6 is 34.5 Å². The van der Waals surface area contributed by atoms with Gasteiger partial charge < -0.3 is 9.47 Å². The predicted octanol–water partition coefficient (Wildman–Crippen LogP) is 5.96. The molecule has 0 fully saturated rings. The zero-order valence-corrected chi connectivity index (χ0v) is 19.3. The van der Waals surface area contributed by atoms with Crippen molar-refractivity contribution in [2.75, 3.05) is 6.61 Å². The maximum atomic E-state index is 12.7. The van der Waals surface area contributed by atoms with Crippen molar-refractivity contribution in [3.63, 3.8) is 0 Å². The molecule has 0 aliphatic heterocycles. The molecule has 6 nitrogen and oxygen atoms in total. The molecule has 1 amide bonds. The number of carbonyl (C=O) groups excluding carboxylic acids is 2. The molecule has 4 aromatic rings. The van der Waals surface area contributed by atoms with Crippen LogP contribution in [0.1, 0.15) is 15.2 Å². The summed E-state index contributed by atoms with van der Waals surface area (Å²) in [6.45, 7) is -0.262. The number of benzene rings is 3. The fourth-order valence-electron chi connectivity index (χ4n) is 2.88. The van der Waals surface area contributed by atoms with Crippen LogP contribution in [0.15, 0.2) is 77.9 Å². The molecular formula is C24H16Cl2N2O4S. The summed E-state index contributed by atoms with van der Waals surface area (Å²) >= 11 is 13.6. The number of hydrazone groups is 1. The number of carbonyl (C=O) groups is 2. The van der Waals surface area contributed by atoms with E-state index in [2.05, 4.69) is 10.5 Å². The summed E-state index contributed by atoms with van der Waals surface area (Å²) in [5, 5.41) is 5.48. The molecule has 0 aliphatic rings. The van der Waals surface area contributed by atoms with Gasteiger partial charge in [0.2, 0.25) is 0 Å². The smallest absolute Gasteiger partial charge is 0.355 e. The average molecular weight is 499 g/mol.